The summed E-state index contributed by atoms with van der Waals surface area (Å²) in [5, 5.41) is 2.27. The average molecular weight is 242 g/mol. The van der Waals surface area contributed by atoms with E-state index >= 15 is 0 Å². The Morgan fingerprint density at radius 3 is 2.56 bits per heavy atom. The van der Waals surface area contributed by atoms with Gasteiger partial charge >= 0.3 is 0 Å². The molecule has 0 fully saturated rings. The molecule has 94 valence electrons. The summed E-state index contributed by atoms with van der Waals surface area (Å²) in [6, 6.07) is 11.9. The summed E-state index contributed by atoms with van der Waals surface area (Å²) in [6.07, 6.45) is 0.826. The number of hydrogen-bond donors (Lipinski definition) is 1. The number of primary amides is 1. The third-order valence-corrected chi connectivity index (χ3v) is 3.12. The molecule has 0 unspecified atom stereocenters. The van der Waals surface area contributed by atoms with Crippen LogP contribution in [-0.2, 0) is 6.42 Å². The van der Waals surface area contributed by atoms with Crippen LogP contribution in [0, 0.1) is 0 Å². The standard InChI is InChI=1S/C15H18N2O/c1-17(2)10-9-13-12-6-4-3-5-11(12)7-8-14(13)15(16)18/h3-8H,9-10H2,1-2H3,(H2,16,18). The third-order valence-electron chi connectivity index (χ3n) is 3.12. The van der Waals surface area contributed by atoms with Crippen molar-refractivity contribution in [2.45, 2.75) is 6.42 Å². The van der Waals surface area contributed by atoms with E-state index in [0.717, 1.165) is 29.3 Å². The predicted octanol–water partition coefficient (Wildman–Crippen LogP) is 2.04. The van der Waals surface area contributed by atoms with E-state index in [0.29, 0.717) is 5.56 Å². The van der Waals surface area contributed by atoms with Crippen LogP contribution in [0.1, 0.15) is 15.9 Å². The minimum absolute atomic E-state index is 0.352. The Balaban J connectivity index is 2.55. The molecule has 0 spiro atoms. The molecule has 0 saturated carbocycles. The van der Waals surface area contributed by atoms with E-state index in [4.69, 9.17) is 5.73 Å². The first-order valence-electron chi connectivity index (χ1n) is 6.05. The first-order valence-corrected chi connectivity index (χ1v) is 6.05. The van der Waals surface area contributed by atoms with Gasteiger partial charge in [-0.25, -0.2) is 0 Å². The number of amides is 1. The lowest BCUT2D eigenvalue weighted by Crippen LogP contribution is -2.19. The molecule has 3 nitrogen and oxygen atoms in total. The summed E-state index contributed by atoms with van der Waals surface area (Å²) in [7, 11) is 4.05. The maximum atomic E-state index is 11.5. The van der Waals surface area contributed by atoms with Crippen molar-refractivity contribution >= 4 is 16.7 Å². The molecule has 0 bridgehead atoms. The van der Waals surface area contributed by atoms with Crippen molar-refractivity contribution in [2.24, 2.45) is 5.73 Å². The maximum Gasteiger partial charge on any atom is 0.248 e. The largest absolute Gasteiger partial charge is 0.366 e. The van der Waals surface area contributed by atoms with Crippen LogP contribution in [0.5, 0.6) is 0 Å². The molecule has 0 saturated heterocycles. The molecule has 0 aliphatic carbocycles. The third kappa shape index (κ3) is 2.51. The molecule has 0 aliphatic rings. The summed E-state index contributed by atoms with van der Waals surface area (Å²) in [4.78, 5) is 13.6. The second kappa shape index (κ2) is 5.19. The molecule has 18 heavy (non-hydrogen) atoms. The highest BCUT2D eigenvalue weighted by Gasteiger charge is 2.11. The molecule has 3 heteroatoms. The Hall–Kier alpha value is -1.87. The van der Waals surface area contributed by atoms with Crippen LogP contribution in [0.15, 0.2) is 36.4 Å². The number of nitrogens with zero attached hydrogens (tertiary/aromatic N) is 1. The summed E-state index contributed by atoms with van der Waals surface area (Å²) >= 11 is 0. The first kappa shape index (κ1) is 12.6. The van der Waals surface area contributed by atoms with Crippen molar-refractivity contribution in [1.82, 2.24) is 4.90 Å². The topological polar surface area (TPSA) is 46.3 Å². The van der Waals surface area contributed by atoms with Gasteiger partial charge in [-0.3, -0.25) is 4.79 Å². The van der Waals surface area contributed by atoms with Crippen LogP contribution >= 0.6 is 0 Å². The number of rotatable bonds is 4. The number of likely N-dealkylation sites (N-methyl/N-ethyl adjacent to an activating group) is 1. The normalized spacial score (nSPS) is 11.1. The van der Waals surface area contributed by atoms with E-state index < -0.39 is 0 Å². The van der Waals surface area contributed by atoms with Crippen LogP contribution in [0.2, 0.25) is 0 Å². The van der Waals surface area contributed by atoms with Gasteiger partial charge in [0.25, 0.3) is 0 Å². The summed E-state index contributed by atoms with van der Waals surface area (Å²) < 4.78 is 0. The van der Waals surface area contributed by atoms with E-state index in [-0.39, 0.29) is 5.91 Å². The Morgan fingerprint density at radius 2 is 1.89 bits per heavy atom. The van der Waals surface area contributed by atoms with Crippen molar-refractivity contribution in [1.29, 1.82) is 0 Å². The molecule has 0 aromatic heterocycles. The highest BCUT2D eigenvalue weighted by molar-refractivity contribution is 6.00. The summed E-state index contributed by atoms with van der Waals surface area (Å²) in [5.74, 6) is -0.352. The molecule has 0 heterocycles. The van der Waals surface area contributed by atoms with Gasteiger partial charge in [-0.1, -0.05) is 30.3 Å². The monoisotopic (exact) mass is 242 g/mol. The fourth-order valence-corrected chi connectivity index (χ4v) is 2.17. The SMILES string of the molecule is CN(C)CCc1c(C(N)=O)ccc2ccccc12. The van der Waals surface area contributed by atoms with Gasteiger partial charge in [0, 0.05) is 12.1 Å². The van der Waals surface area contributed by atoms with Gasteiger partial charge in [-0.05, 0) is 42.9 Å². The molecular weight excluding hydrogens is 224 g/mol. The smallest absolute Gasteiger partial charge is 0.248 e. The van der Waals surface area contributed by atoms with Gasteiger partial charge in [0.15, 0.2) is 0 Å². The number of benzene rings is 2. The summed E-state index contributed by atoms with van der Waals surface area (Å²) in [6.45, 7) is 0.897. The average Bonchev–Trinajstić information content (AvgIpc) is 2.35. The lowest BCUT2D eigenvalue weighted by Gasteiger charge is -2.14. The van der Waals surface area contributed by atoms with Crippen molar-refractivity contribution in [3.8, 4) is 0 Å². The number of hydrogen-bond acceptors (Lipinski definition) is 2. The highest BCUT2D eigenvalue weighted by atomic mass is 16.1. The maximum absolute atomic E-state index is 11.5. The van der Waals surface area contributed by atoms with Gasteiger partial charge in [0.05, 0.1) is 0 Å². The van der Waals surface area contributed by atoms with Crippen LogP contribution in [0.4, 0.5) is 0 Å². The van der Waals surface area contributed by atoms with E-state index in [2.05, 4.69) is 11.0 Å². The van der Waals surface area contributed by atoms with E-state index in [1.807, 2.05) is 44.4 Å². The molecular formula is C15H18N2O. The molecule has 2 aromatic rings. The van der Waals surface area contributed by atoms with Crippen LogP contribution < -0.4 is 5.73 Å². The molecule has 0 atom stereocenters. The van der Waals surface area contributed by atoms with Gasteiger partial charge in [0.1, 0.15) is 0 Å². The van der Waals surface area contributed by atoms with Crippen molar-refractivity contribution in [2.75, 3.05) is 20.6 Å². The lowest BCUT2D eigenvalue weighted by molar-refractivity contribution is 0.0999. The quantitative estimate of drug-likeness (QED) is 0.891. The Bertz CT molecular complexity index is 576. The van der Waals surface area contributed by atoms with Crippen molar-refractivity contribution in [3.63, 3.8) is 0 Å². The second-order valence-corrected chi connectivity index (χ2v) is 4.73. The zero-order valence-electron chi connectivity index (χ0n) is 10.8. The van der Waals surface area contributed by atoms with Gasteiger partial charge in [-0.15, -0.1) is 0 Å². The molecule has 2 N–H and O–H groups in total. The Morgan fingerprint density at radius 1 is 1.17 bits per heavy atom. The van der Waals surface area contributed by atoms with Crippen molar-refractivity contribution in [3.05, 3.63) is 47.5 Å². The van der Waals surface area contributed by atoms with Crippen LogP contribution in [-0.4, -0.2) is 31.4 Å². The fraction of sp³-hybridized carbons (Fsp3) is 0.267. The van der Waals surface area contributed by atoms with Crippen LogP contribution in [0.25, 0.3) is 10.8 Å². The summed E-state index contributed by atoms with van der Waals surface area (Å²) in [5.41, 5.74) is 7.14. The molecule has 0 aliphatic heterocycles. The van der Waals surface area contributed by atoms with Crippen molar-refractivity contribution < 1.29 is 4.79 Å². The highest BCUT2D eigenvalue weighted by Crippen LogP contribution is 2.23. The van der Waals surface area contributed by atoms with Gasteiger partial charge in [0.2, 0.25) is 5.91 Å². The van der Waals surface area contributed by atoms with E-state index in [1.165, 1.54) is 0 Å². The van der Waals surface area contributed by atoms with E-state index in [1.54, 1.807) is 0 Å². The molecule has 2 rings (SSSR count). The number of nitrogens with two attached hydrogens (primary N) is 1. The number of fused-ring (bicyclic) bond motifs is 1. The van der Waals surface area contributed by atoms with E-state index in [9.17, 15) is 4.79 Å². The Kier molecular flexibility index (Phi) is 3.63. The molecule has 2 aromatic carbocycles. The van der Waals surface area contributed by atoms with Gasteiger partial charge in [-0.2, -0.15) is 0 Å². The minimum atomic E-state index is -0.352. The van der Waals surface area contributed by atoms with Gasteiger partial charge < -0.3 is 10.6 Å². The fourth-order valence-electron chi connectivity index (χ4n) is 2.17. The van der Waals surface area contributed by atoms with Crippen LogP contribution in [0.3, 0.4) is 0 Å². The predicted molar refractivity (Wildman–Crippen MR) is 74.7 cm³/mol. The number of carbonyl (C=O) groups is 1. The second-order valence-electron chi connectivity index (χ2n) is 4.73. The lowest BCUT2D eigenvalue weighted by atomic mass is 9.96. The number of carbonyl (C=O) groups excluding carboxylic acids is 1. The minimum Gasteiger partial charge on any atom is -0.366 e. The zero-order chi connectivity index (χ0) is 13.1. The zero-order valence-corrected chi connectivity index (χ0v) is 10.8. The molecule has 1 amide bonds. The first-order chi connectivity index (χ1) is 8.59. The Labute approximate surface area is 107 Å². The molecule has 0 radical (unpaired) electrons.